The molecule has 1 aromatic heterocycles. The van der Waals surface area contributed by atoms with Gasteiger partial charge in [-0.1, -0.05) is 0 Å². The van der Waals surface area contributed by atoms with E-state index < -0.39 is 5.91 Å². The fourth-order valence-corrected chi connectivity index (χ4v) is 1.42. The molecule has 0 atom stereocenters. The largest absolute Gasteiger partial charge is 0.491 e. The average Bonchev–Trinajstić information content (AvgIpc) is 2.87. The molecule has 2 rings (SSSR count). The summed E-state index contributed by atoms with van der Waals surface area (Å²) in [5.74, 6) is 0.140. The lowest BCUT2D eigenvalue weighted by Gasteiger charge is -2.07. The molecule has 0 unspecified atom stereocenters. The third-order valence-electron chi connectivity index (χ3n) is 2.40. The summed E-state index contributed by atoms with van der Waals surface area (Å²) in [6.07, 6.45) is 0. The van der Waals surface area contributed by atoms with Crippen molar-refractivity contribution in [1.29, 1.82) is 0 Å². The fraction of sp³-hybridized carbons (Fsp3) is 0.250. The van der Waals surface area contributed by atoms with E-state index in [1.807, 2.05) is 0 Å². The Labute approximate surface area is 114 Å². The van der Waals surface area contributed by atoms with E-state index in [1.165, 1.54) is 0 Å². The number of nitrogens with two attached hydrogens (primary N) is 1. The number of nitrogens with one attached hydrogen (secondary N) is 1. The number of nitrogen functional groups attached to an aromatic ring is 1. The molecule has 0 bridgehead atoms. The monoisotopic (exact) mass is 278 g/mol. The Kier molecular flexibility index (Phi) is 4.51. The Bertz CT molecular complexity index is 567. The number of hydrogen-bond acceptors (Lipinski definition) is 7. The predicted octanol–water partition coefficient (Wildman–Crippen LogP) is 0.929. The normalized spacial score (nSPS) is 10.2. The van der Waals surface area contributed by atoms with Crippen LogP contribution in [0.4, 0.5) is 11.5 Å². The van der Waals surface area contributed by atoms with Crippen LogP contribution in [0.5, 0.6) is 5.75 Å². The molecule has 0 radical (unpaired) electrons. The second-order valence-electron chi connectivity index (χ2n) is 3.82. The van der Waals surface area contributed by atoms with Gasteiger partial charge in [-0.2, -0.15) is 0 Å². The number of anilines is 2. The lowest BCUT2D eigenvalue weighted by molar-refractivity contribution is 0.101. The van der Waals surface area contributed by atoms with Crippen LogP contribution in [0.1, 0.15) is 10.5 Å². The zero-order valence-electron chi connectivity index (χ0n) is 10.8. The Morgan fingerprint density at radius 2 is 2.05 bits per heavy atom. The Hall–Kier alpha value is -2.61. The smallest absolute Gasteiger partial charge is 0.281 e. The van der Waals surface area contributed by atoms with Gasteiger partial charge in [0.05, 0.1) is 6.61 Å². The van der Waals surface area contributed by atoms with Crippen LogP contribution < -0.4 is 15.8 Å². The van der Waals surface area contributed by atoms with Crippen LogP contribution in [-0.2, 0) is 4.74 Å². The SMILES string of the molecule is COCCOc1ccc(NC(=O)c2nonc2N)cc1. The van der Waals surface area contributed by atoms with Gasteiger partial charge in [-0.3, -0.25) is 4.79 Å². The molecule has 1 amide bonds. The number of methoxy groups -OCH3 is 1. The number of carbonyl (C=O) groups excluding carboxylic acids is 1. The molecule has 0 aliphatic heterocycles. The van der Waals surface area contributed by atoms with Crippen LogP contribution in [0.25, 0.3) is 0 Å². The molecule has 0 aliphatic rings. The maximum Gasteiger partial charge on any atom is 0.281 e. The zero-order valence-corrected chi connectivity index (χ0v) is 10.8. The fourth-order valence-electron chi connectivity index (χ4n) is 1.42. The van der Waals surface area contributed by atoms with Crippen molar-refractivity contribution in [2.75, 3.05) is 31.4 Å². The van der Waals surface area contributed by atoms with E-state index in [-0.39, 0.29) is 11.5 Å². The van der Waals surface area contributed by atoms with E-state index in [9.17, 15) is 4.79 Å². The lowest BCUT2D eigenvalue weighted by Crippen LogP contribution is -2.14. The van der Waals surface area contributed by atoms with Gasteiger partial charge in [-0.15, -0.1) is 0 Å². The molecular formula is C12H14N4O4. The second-order valence-corrected chi connectivity index (χ2v) is 3.82. The van der Waals surface area contributed by atoms with Crippen LogP contribution in [-0.4, -0.2) is 36.5 Å². The number of amides is 1. The molecule has 106 valence electrons. The third-order valence-corrected chi connectivity index (χ3v) is 2.40. The van der Waals surface area contributed by atoms with E-state index in [2.05, 4.69) is 20.3 Å². The standard InChI is InChI=1S/C12H14N4O4/c1-18-6-7-19-9-4-2-8(3-5-9)14-12(17)10-11(13)16-20-15-10/h2-5H,6-7H2,1H3,(H2,13,16)(H,14,17). The number of carbonyl (C=O) groups is 1. The highest BCUT2D eigenvalue weighted by Gasteiger charge is 2.15. The van der Waals surface area contributed by atoms with Gasteiger partial charge in [0.2, 0.25) is 11.5 Å². The van der Waals surface area contributed by atoms with Crippen molar-refractivity contribution in [2.24, 2.45) is 0 Å². The summed E-state index contributed by atoms with van der Waals surface area (Å²) in [6.45, 7) is 0.972. The summed E-state index contributed by atoms with van der Waals surface area (Å²) >= 11 is 0. The number of aromatic nitrogens is 2. The number of nitrogens with zero attached hydrogens (tertiary/aromatic N) is 2. The van der Waals surface area contributed by atoms with Crippen molar-refractivity contribution in [3.05, 3.63) is 30.0 Å². The number of benzene rings is 1. The molecule has 1 heterocycles. The van der Waals surface area contributed by atoms with Gasteiger partial charge < -0.3 is 20.5 Å². The molecule has 0 aliphatic carbocycles. The minimum absolute atomic E-state index is 0.0505. The summed E-state index contributed by atoms with van der Waals surface area (Å²) in [4.78, 5) is 11.8. The van der Waals surface area contributed by atoms with Crippen LogP contribution in [0.2, 0.25) is 0 Å². The van der Waals surface area contributed by atoms with Crippen molar-refractivity contribution < 1.29 is 18.9 Å². The van der Waals surface area contributed by atoms with Gasteiger partial charge in [0.1, 0.15) is 12.4 Å². The molecule has 8 nitrogen and oxygen atoms in total. The first-order chi connectivity index (χ1) is 9.70. The van der Waals surface area contributed by atoms with Crippen LogP contribution in [0.15, 0.2) is 28.9 Å². The van der Waals surface area contributed by atoms with E-state index in [1.54, 1.807) is 31.4 Å². The Morgan fingerprint density at radius 3 is 2.65 bits per heavy atom. The van der Waals surface area contributed by atoms with Gasteiger partial charge >= 0.3 is 0 Å². The highest BCUT2D eigenvalue weighted by Crippen LogP contribution is 2.17. The molecular weight excluding hydrogens is 264 g/mol. The molecule has 0 fully saturated rings. The Morgan fingerprint density at radius 1 is 1.30 bits per heavy atom. The first-order valence-corrected chi connectivity index (χ1v) is 5.82. The molecule has 0 saturated carbocycles. The second kappa shape index (κ2) is 6.53. The quantitative estimate of drug-likeness (QED) is 0.755. The zero-order chi connectivity index (χ0) is 14.4. The van der Waals surface area contributed by atoms with Gasteiger partial charge in [0, 0.05) is 12.8 Å². The minimum Gasteiger partial charge on any atom is -0.491 e. The van der Waals surface area contributed by atoms with Crippen molar-refractivity contribution in [3.63, 3.8) is 0 Å². The molecule has 8 heteroatoms. The van der Waals surface area contributed by atoms with E-state index in [0.717, 1.165) is 0 Å². The van der Waals surface area contributed by atoms with Crippen molar-refractivity contribution in [2.45, 2.75) is 0 Å². The van der Waals surface area contributed by atoms with Crippen LogP contribution >= 0.6 is 0 Å². The van der Waals surface area contributed by atoms with Crippen molar-refractivity contribution >= 4 is 17.4 Å². The Balaban J connectivity index is 1.93. The maximum atomic E-state index is 11.8. The van der Waals surface area contributed by atoms with Gasteiger partial charge in [0.15, 0.2) is 0 Å². The molecule has 0 spiro atoms. The summed E-state index contributed by atoms with van der Waals surface area (Å²) in [7, 11) is 1.60. The average molecular weight is 278 g/mol. The van der Waals surface area contributed by atoms with E-state index >= 15 is 0 Å². The van der Waals surface area contributed by atoms with Gasteiger partial charge in [-0.05, 0) is 34.6 Å². The summed E-state index contributed by atoms with van der Waals surface area (Å²) in [5, 5.41) is 9.37. The summed E-state index contributed by atoms with van der Waals surface area (Å²) < 4.78 is 14.6. The third kappa shape index (κ3) is 3.45. The van der Waals surface area contributed by atoms with Crippen LogP contribution in [0, 0.1) is 0 Å². The number of rotatable bonds is 6. The first kappa shape index (κ1) is 13.8. The van der Waals surface area contributed by atoms with Crippen molar-refractivity contribution in [3.8, 4) is 5.75 Å². The van der Waals surface area contributed by atoms with E-state index in [4.69, 9.17) is 15.2 Å². The summed E-state index contributed by atoms with van der Waals surface area (Å²) in [5.41, 5.74) is 5.96. The lowest BCUT2D eigenvalue weighted by atomic mass is 10.3. The maximum absolute atomic E-state index is 11.8. The predicted molar refractivity (Wildman–Crippen MR) is 70.5 cm³/mol. The molecule has 1 aromatic carbocycles. The minimum atomic E-state index is -0.489. The topological polar surface area (TPSA) is 112 Å². The number of hydrogen-bond donors (Lipinski definition) is 2. The van der Waals surface area contributed by atoms with Crippen molar-refractivity contribution in [1.82, 2.24) is 10.3 Å². The highest BCUT2D eigenvalue weighted by molar-refractivity contribution is 6.05. The first-order valence-electron chi connectivity index (χ1n) is 5.82. The number of ether oxygens (including phenoxy) is 2. The molecule has 0 saturated heterocycles. The highest BCUT2D eigenvalue weighted by atomic mass is 16.6. The van der Waals surface area contributed by atoms with Gasteiger partial charge in [-0.25, -0.2) is 4.63 Å². The summed E-state index contributed by atoms with van der Waals surface area (Å²) in [6, 6.07) is 6.86. The molecule has 3 N–H and O–H groups in total. The molecule has 20 heavy (non-hydrogen) atoms. The molecule has 2 aromatic rings. The van der Waals surface area contributed by atoms with Gasteiger partial charge in [0.25, 0.3) is 5.91 Å². The van der Waals surface area contributed by atoms with Crippen LogP contribution in [0.3, 0.4) is 0 Å². The van der Waals surface area contributed by atoms with E-state index in [0.29, 0.717) is 24.7 Å².